The third-order valence-electron chi connectivity index (χ3n) is 3.56. The van der Waals surface area contributed by atoms with E-state index in [0.717, 1.165) is 25.9 Å². The fourth-order valence-electron chi connectivity index (χ4n) is 2.50. The van der Waals surface area contributed by atoms with Gasteiger partial charge >= 0.3 is 6.03 Å². The predicted molar refractivity (Wildman–Crippen MR) is 63.8 cm³/mol. The van der Waals surface area contributed by atoms with Crippen molar-refractivity contribution in [1.82, 2.24) is 9.80 Å². The van der Waals surface area contributed by atoms with Gasteiger partial charge < -0.3 is 19.6 Å². The summed E-state index contributed by atoms with van der Waals surface area (Å²) in [6.45, 7) is 3.33. The molecule has 1 unspecified atom stereocenters. The Morgan fingerprint density at radius 3 is 2.53 bits per heavy atom. The quantitative estimate of drug-likeness (QED) is 0.735. The molecule has 5 heteroatoms. The first-order valence-electron chi connectivity index (χ1n) is 6.57. The minimum Gasteiger partial charge on any atom is -0.394 e. The van der Waals surface area contributed by atoms with Gasteiger partial charge in [0.15, 0.2) is 0 Å². The number of morpholine rings is 1. The van der Waals surface area contributed by atoms with E-state index in [-0.39, 0.29) is 18.7 Å². The molecule has 98 valence electrons. The summed E-state index contributed by atoms with van der Waals surface area (Å²) < 4.78 is 5.29. The fourth-order valence-corrected chi connectivity index (χ4v) is 2.50. The summed E-state index contributed by atoms with van der Waals surface area (Å²) in [6.07, 6.45) is 4.63. The molecule has 17 heavy (non-hydrogen) atoms. The van der Waals surface area contributed by atoms with Crippen LogP contribution in [-0.2, 0) is 4.74 Å². The topological polar surface area (TPSA) is 53.0 Å². The molecule has 0 aromatic heterocycles. The van der Waals surface area contributed by atoms with Crippen LogP contribution in [0.25, 0.3) is 0 Å². The molecule has 0 radical (unpaired) electrons. The Hall–Kier alpha value is -0.810. The third kappa shape index (κ3) is 3.10. The summed E-state index contributed by atoms with van der Waals surface area (Å²) in [5, 5.41) is 9.27. The minimum atomic E-state index is -0.167. The molecule has 2 aliphatic rings. The maximum atomic E-state index is 12.4. The van der Waals surface area contributed by atoms with Crippen molar-refractivity contribution >= 4 is 6.03 Å². The van der Waals surface area contributed by atoms with Crippen LogP contribution in [0.15, 0.2) is 0 Å². The van der Waals surface area contributed by atoms with Gasteiger partial charge in [0, 0.05) is 19.6 Å². The molecular formula is C12H22N2O3. The zero-order chi connectivity index (χ0) is 12.1. The van der Waals surface area contributed by atoms with Crippen LogP contribution < -0.4 is 0 Å². The van der Waals surface area contributed by atoms with Crippen molar-refractivity contribution in [2.75, 3.05) is 39.5 Å². The van der Waals surface area contributed by atoms with E-state index in [1.54, 1.807) is 4.90 Å². The first-order chi connectivity index (χ1) is 8.33. The van der Waals surface area contributed by atoms with Crippen LogP contribution in [-0.4, -0.2) is 66.4 Å². The van der Waals surface area contributed by atoms with Crippen molar-refractivity contribution < 1.29 is 14.6 Å². The average molecular weight is 242 g/mol. The first-order valence-corrected chi connectivity index (χ1v) is 6.57. The molecule has 2 fully saturated rings. The summed E-state index contributed by atoms with van der Waals surface area (Å²) in [5.41, 5.74) is 0. The largest absolute Gasteiger partial charge is 0.394 e. The van der Waals surface area contributed by atoms with Crippen molar-refractivity contribution in [3.05, 3.63) is 0 Å². The number of likely N-dealkylation sites (tertiary alicyclic amines) is 1. The molecule has 2 amide bonds. The van der Waals surface area contributed by atoms with E-state index in [4.69, 9.17) is 4.74 Å². The van der Waals surface area contributed by atoms with Crippen LogP contribution in [0.5, 0.6) is 0 Å². The Morgan fingerprint density at radius 2 is 1.88 bits per heavy atom. The lowest BCUT2D eigenvalue weighted by molar-refractivity contribution is -0.0147. The van der Waals surface area contributed by atoms with Crippen molar-refractivity contribution in [1.29, 1.82) is 0 Å². The minimum absolute atomic E-state index is 0.0143. The maximum absolute atomic E-state index is 12.4. The van der Waals surface area contributed by atoms with Crippen molar-refractivity contribution in [2.45, 2.75) is 31.7 Å². The molecule has 0 saturated carbocycles. The van der Waals surface area contributed by atoms with Gasteiger partial charge in [-0.1, -0.05) is 12.8 Å². The number of hydrogen-bond acceptors (Lipinski definition) is 3. The molecule has 0 bridgehead atoms. The summed E-state index contributed by atoms with van der Waals surface area (Å²) in [5.74, 6) is 0. The number of carbonyl (C=O) groups excluding carboxylic acids is 1. The number of aliphatic hydroxyl groups excluding tert-OH is 1. The normalized spacial score (nSPS) is 26.8. The molecule has 0 aromatic rings. The lowest BCUT2D eigenvalue weighted by Crippen LogP contribution is -2.55. The highest BCUT2D eigenvalue weighted by Gasteiger charge is 2.30. The van der Waals surface area contributed by atoms with Crippen molar-refractivity contribution in [3.8, 4) is 0 Å². The van der Waals surface area contributed by atoms with Crippen LogP contribution in [0.3, 0.4) is 0 Å². The standard InChI is InChI=1S/C12H22N2O3/c15-9-11-10-17-8-7-14(11)12(16)13-5-3-1-2-4-6-13/h11,15H,1-10H2. The maximum Gasteiger partial charge on any atom is 0.320 e. The lowest BCUT2D eigenvalue weighted by Gasteiger charge is -2.37. The van der Waals surface area contributed by atoms with Gasteiger partial charge in [-0.3, -0.25) is 0 Å². The van der Waals surface area contributed by atoms with Crippen LogP contribution >= 0.6 is 0 Å². The second kappa shape index (κ2) is 6.21. The SMILES string of the molecule is O=C(N1CCCCCC1)N1CCOCC1CO. The fraction of sp³-hybridized carbons (Fsp3) is 0.917. The van der Waals surface area contributed by atoms with Crippen molar-refractivity contribution in [3.63, 3.8) is 0 Å². The van der Waals surface area contributed by atoms with Crippen LogP contribution in [0, 0.1) is 0 Å². The third-order valence-corrected chi connectivity index (χ3v) is 3.56. The highest BCUT2D eigenvalue weighted by atomic mass is 16.5. The van der Waals surface area contributed by atoms with Gasteiger partial charge in [-0.2, -0.15) is 0 Å². The molecule has 2 rings (SSSR count). The molecular weight excluding hydrogens is 220 g/mol. The number of rotatable bonds is 1. The van der Waals surface area contributed by atoms with Crippen LogP contribution in [0.1, 0.15) is 25.7 Å². The number of hydrogen-bond donors (Lipinski definition) is 1. The second-order valence-corrected chi connectivity index (χ2v) is 4.79. The molecule has 0 aromatic carbocycles. The monoisotopic (exact) mass is 242 g/mol. The van der Waals surface area contributed by atoms with E-state index in [1.165, 1.54) is 12.8 Å². The van der Waals surface area contributed by atoms with Gasteiger partial charge in [-0.15, -0.1) is 0 Å². The highest BCUT2D eigenvalue weighted by Crippen LogP contribution is 2.15. The van der Waals surface area contributed by atoms with Gasteiger partial charge in [0.05, 0.1) is 25.9 Å². The van der Waals surface area contributed by atoms with E-state index in [0.29, 0.717) is 19.8 Å². The number of ether oxygens (including phenoxy) is 1. The number of carbonyl (C=O) groups is 1. The van der Waals surface area contributed by atoms with Gasteiger partial charge in [0.1, 0.15) is 0 Å². The first kappa shape index (κ1) is 12.6. The van der Waals surface area contributed by atoms with Gasteiger partial charge in [-0.25, -0.2) is 4.79 Å². The molecule has 2 heterocycles. The van der Waals surface area contributed by atoms with E-state index in [9.17, 15) is 9.90 Å². The Morgan fingerprint density at radius 1 is 1.18 bits per heavy atom. The van der Waals surface area contributed by atoms with Crippen molar-refractivity contribution in [2.24, 2.45) is 0 Å². The van der Waals surface area contributed by atoms with Crippen LogP contribution in [0.2, 0.25) is 0 Å². The summed E-state index contributed by atoms with van der Waals surface area (Å²) >= 11 is 0. The Balaban J connectivity index is 1.96. The zero-order valence-corrected chi connectivity index (χ0v) is 10.3. The average Bonchev–Trinajstić information content (AvgIpc) is 2.66. The predicted octanol–water partition coefficient (Wildman–Crippen LogP) is 0.675. The lowest BCUT2D eigenvalue weighted by atomic mass is 10.2. The summed E-state index contributed by atoms with van der Waals surface area (Å²) in [7, 11) is 0. The molecule has 5 nitrogen and oxygen atoms in total. The Kier molecular flexibility index (Phi) is 4.62. The molecule has 1 N–H and O–H groups in total. The number of nitrogens with zero attached hydrogens (tertiary/aromatic N) is 2. The number of aliphatic hydroxyl groups is 1. The molecule has 2 aliphatic heterocycles. The molecule has 1 atom stereocenters. The molecule has 2 saturated heterocycles. The van der Waals surface area contributed by atoms with Gasteiger partial charge in [-0.05, 0) is 12.8 Å². The van der Waals surface area contributed by atoms with E-state index >= 15 is 0 Å². The number of amides is 2. The van der Waals surface area contributed by atoms with E-state index in [1.807, 2.05) is 4.90 Å². The summed E-state index contributed by atoms with van der Waals surface area (Å²) in [6, 6.07) is -0.0891. The highest BCUT2D eigenvalue weighted by molar-refractivity contribution is 5.75. The van der Waals surface area contributed by atoms with E-state index < -0.39 is 0 Å². The molecule has 0 spiro atoms. The Bertz CT molecular complexity index is 252. The zero-order valence-electron chi connectivity index (χ0n) is 10.3. The molecule has 0 aliphatic carbocycles. The van der Waals surface area contributed by atoms with Crippen LogP contribution in [0.4, 0.5) is 4.79 Å². The Labute approximate surface area is 102 Å². The smallest absolute Gasteiger partial charge is 0.320 e. The van der Waals surface area contributed by atoms with Gasteiger partial charge in [0.25, 0.3) is 0 Å². The van der Waals surface area contributed by atoms with Gasteiger partial charge in [0.2, 0.25) is 0 Å². The summed E-state index contributed by atoms with van der Waals surface area (Å²) in [4.78, 5) is 16.1. The second-order valence-electron chi connectivity index (χ2n) is 4.79. The van der Waals surface area contributed by atoms with E-state index in [2.05, 4.69) is 0 Å². The number of urea groups is 1.